The van der Waals surface area contributed by atoms with E-state index in [9.17, 15) is 0 Å². The molecule has 0 aromatic carbocycles. The second kappa shape index (κ2) is 8.11. The second-order valence-electron chi connectivity index (χ2n) is 6.42. The predicted octanol–water partition coefficient (Wildman–Crippen LogP) is 3.06. The van der Waals surface area contributed by atoms with Gasteiger partial charge in [-0.2, -0.15) is 0 Å². The number of aromatic nitrogens is 1. The molecule has 0 saturated carbocycles. The second-order valence-corrected chi connectivity index (χ2v) is 7.48. The number of methoxy groups -OCH3 is 1. The van der Waals surface area contributed by atoms with Crippen LogP contribution >= 0.6 is 11.3 Å². The van der Waals surface area contributed by atoms with Crippen molar-refractivity contribution in [3.05, 3.63) is 10.6 Å². The van der Waals surface area contributed by atoms with Gasteiger partial charge in [0.25, 0.3) is 0 Å². The van der Waals surface area contributed by atoms with E-state index in [2.05, 4.69) is 31.0 Å². The number of anilines is 1. The molecule has 0 aliphatic carbocycles. The van der Waals surface area contributed by atoms with Crippen LogP contribution in [0.3, 0.4) is 0 Å². The Hall–Kier alpha value is -0.650. The summed E-state index contributed by atoms with van der Waals surface area (Å²) in [6, 6.07) is 0. The van der Waals surface area contributed by atoms with E-state index in [1.165, 1.54) is 28.5 Å². The molecule has 0 spiro atoms. The Morgan fingerprint density at radius 1 is 1.38 bits per heavy atom. The topological polar surface area (TPSA) is 37.4 Å². The zero-order valence-electron chi connectivity index (χ0n) is 13.8. The van der Waals surface area contributed by atoms with Crippen LogP contribution < -0.4 is 10.2 Å². The minimum atomic E-state index is 0.692. The Morgan fingerprint density at radius 3 is 2.71 bits per heavy atom. The number of ether oxygens (including phenoxy) is 1. The van der Waals surface area contributed by atoms with E-state index in [4.69, 9.17) is 9.72 Å². The molecule has 1 N–H and O–H groups in total. The minimum absolute atomic E-state index is 0.692. The highest BCUT2D eigenvalue weighted by Crippen LogP contribution is 2.29. The highest BCUT2D eigenvalue weighted by Gasteiger charge is 2.22. The van der Waals surface area contributed by atoms with Crippen molar-refractivity contribution in [1.29, 1.82) is 0 Å². The lowest BCUT2D eigenvalue weighted by atomic mass is 9.98. The van der Waals surface area contributed by atoms with Gasteiger partial charge in [-0.1, -0.05) is 13.8 Å². The molecule has 2 rings (SSSR count). The number of aryl methyl sites for hydroxylation is 1. The van der Waals surface area contributed by atoms with Gasteiger partial charge in [0, 0.05) is 38.2 Å². The number of piperidine rings is 1. The summed E-state index contributed by atoms with van der Waals surface area (Å²) in [6.07, 6.45) is 2.43. The van der Waals surface area contributed by atoms with Gasteiger partial charge in [0.1, 0.15) is 0 Å². The van der Waals surface area contributed by atoms with Crippen molar-refractivity contribution in [1.82, 2.24) is 10.3 Å². The first-order valence-electron chi connectivity index (χ1n) is 8.01. The molecule has 0 radical (unpaired) electrons. The molecule has 2 heterocycles. The Morgan fingerprint density at radius 2 is 2.10 bits per heavy atom. The van der Waals surface area contributed by atoms with Crippen LogP contribution in [0.2, 0.25) is 0 Å². The molecule has 0 unspecified atom stereocenters. The summed E-state index contributed by atoms with van der Waals surface area (Å²) in [5.74, 6) is 1.41. The molecule has 0 atom stereocenters. The van der Waals surface area contributed by atoms with Gasteiger partial charge in [0.15, 0.2) is 5.13 Å². The summed E-state index contributed by atoms with van der Waals surface area (Å²) < 4.78 is 5.27. The van der Waals surface area contributed by atoms with Crippen molar-refractivity contribution < 1.29 is 4.74 Å². The Labute approximate surface area is 132 Å². The van der Waals surface area contributed by atoms with Crippen molar-refractivity contribution in [3.8, 4) is 0 Å². The smallest absolute Gasteiger partial charge is 0.185 e. The van der Waals surface area contributed by atoms with E-state index >= 15 is 0 Å². The molecule has 5 heteroatoms. The Bertz CT molecular complexity index is 425. The van der Waals surface area contributed by atoms with E-state index < -0.39 is 0 Å². The van der Waals surface area contributed by atoms with Gasteiger partial charge >= 0.3 is 0 Å². The lowest BCUT2D eigenvalue weighted by Crippen LogP contribution is -2.34. The molecule has 1 saturated heterocycles. The van der Waals surface area contributed by atoms with Crippen molar-refractivity contribution in [2.24, 2.45) is 11.8 Å². The van der Waals surface area contributed by atoms with Crippen LogP contribution in [0.25, 0.3) is 0 Å². The summed E-state index contributed by atoms with van der Waals surface area (Å²) in [5.41, 5.74) is 1.19. The number of nitrogens with one attached hydrogen (secondary N) is 1. The van der Waals surface area contributed by atoms with Crippen LogP contribution in [0.5, 0.6) is 0 Å². The molecular formula is C16H29N3OS. The number of thiazole rings is 1. The SMILES string of the molecule is COCC1CCN(c2nc(C)c(CNCC(C)C)s2)CC1. The van der Waals surface area contributed by atoms with E-state index in [1.807, 2.05) is 11.3 Å². The van der Waals surface area contributed by atoms with Crippen LogP contribution in [0.4, 0.5) is 5.13 Å². The van der Waals surface area contributed by atoms with E-state index in [-0.39, 0.29) is 0 Å². The van der Waals surface area contributed by atoms with Crippen molar-refractivity contribution in [2.75, 3.05) is 38.3 Å². The molecule has 120 valence electrons. The van der Waals surface area contributed by atoms with Crippen LogP contribution in [0.15, 0.2) is 0 Å². The third-order valence-electron chi connectivity index (χ3n) is 4.01. The summed E-state index contributed by atoms with van der Waals surface area (Å²) in [6.45, 7) is 11.7. The van der Waals surface area contributed by atoms with Gasteiger partial charge in [0.05, 0.1) is 5.69 Å². The summed E-state index contributed by atoms with van der Waals surface area (Å²) in [7, 11) is 1.80. The van der Waals surface area contributed by atoms with E-state index in [0.29, 0.717) is 5.92 Å². The van der Waals surface area contributed by atoms with Gasteiger partial charge in [-0.05, 0) is 38.1 Å². The van der Waals surface area contributed by atoms with Crippen LogP contribution in [0.1, 0.15) is 37.3 Å². The van der Waals surface area contributed by atoms with Crippen LogP contribution in [0, 0.1) is 18.8 Å². The Kier molecular flexibility index (Phi) is 6.45. The van der Waals surface area contributed by atoms with Crippen molar-refractivity contribution in [3.63, 3.8) is 0 Å². The van der Waals surface area contributed by atoms with Crippen molar-refractivity contribution in [2.45, 2.75) is 40.2 Å². The largest absolute Gasteiger partial charge is 0.384 e. The third-order valence-corrected chi connectivity index (χ3v) is 5.23. The molecule has 1 fully saturated rings. The van der Waals surface area contributed by atoms with Gasteiger partial charge in [-0.25, -0.2) is 4.98 Å². The maximum Gasteiger partial charge on any atom is 0.185 e. The molecule has 1 aliphatic heterocycles. The minimum Gasteiger partial charge on any atom is -0.384 e. The highest BCUT2D eigenvalue weighted by atomic mass is 32.1. The lowest BCUT2D eigenvalue weighted by molar-refractivity contribution is 0.139. The van der Waals surface area contributed by atoms with Gasteiger partial charge in [-0.3, -0.25) is 0 Å². The number of hydrogen-bond donors (Lipinski definition) is 1. The van der Waals surface area contributed by atoms with Gasteiger partial charge in [-0.15, -0.1) is 11.3 Å². The molecule has 1 aromatic heterocycles. The molecular weight excluding hydrogens is 282 g/mol. The first kappa shape index (κ1) is 16.7. The molecule has 0 bridgehead atoms. The van der Waals surface area contributed by atoms with E-state index in [0.717, 1.165) is 38.7 Å². The zero-order valence-corrected chi connectivity index (χ0v) is 14.6. The average Bonchev–Trinajstić information content (AvgIpc) is 2.81. The first-order valence-corrected chi connectivity index (χ1v) is 8.82. The quantitative estimate of drug-likeness (QED) is 0.840. The maximum atomic E-state index is 5.27. The molecule has 0 amide bonds. The van der Waals surface area contributed by atoms with Crippen molar-refractivity contribution >= 4 is 16.5 Å². The fourth-order valence-corrected chi connectivity index (χ4v) is 3.80. The van der Waals surface area contributed by atoms with Crippen LogP contribution in [-0.4, -0.2) is 38.3 Å². The summed E-state index contributed by atoms with van der Waals surface area (Å²) in [4.78, 5) is 8.60. The lowest BCUT2D eigenvalue weighted by Gasteiger charge is -2.31. The standard InChI is InChI=1S/C16H29N3OS/c1-12(2)9-17-10-15-13(3)18-16(21-15)19-7-5-14(6-8-19)11-20-4/h12,14,17H,5-11H2,1-4H3. The zero-order chi connectivity index (χ0) is 15.2. The Balaban J connectivity index is 1.87. The molecule has 4 nitrogen and oxygen atoms in total. The monoisotopic (exact) mass is 311 g/mol. The van der Waals surface area contributed by atoms with E-state index in [1.54, 1.807) is 7.11 Å². The third kappa shape index (κ3) is 4.94. The predicted molar refractivity (Wildman–Crippen MR) is 90.2 cm³/mol. The number of nitrogens with zero attached hydrogens (tertiary/aromatic N) is 2. The average molecular weight is 311 g/mol. The maximum absolute atomic E-state index is 5.27. The number of rotatable bonds is 7. The summed E-state index contributed by atoms with van der Waals surface area (Å²) >= 11 is 1.85. The molecule has 21 heavy (non-hydrogen) atoms. The molecule has 1 aliphatic rings. The fourth-order valence-electron chi connectivity index (χ4n) is 2.71. The molecule has 1 aromatic rings. The summed E-state index contributed by atoms with van der Waals surface area (Å²) in [5, 5.41) is 4.72. The number of hydrogen-bond acceptors (Lipinski definition) is 5. The van der Waals surface area contributed by atoms with Crippen LogP contribution in [-0.2, 0) is 11.3 Å². The van der Waals surface area contributed by atoms with Gasteiger partial charge in [0.2, 0.25) is 0 Å². The first-order chi connectivity index (χ1) is 10.1. The highest BCUT2D eigenvalue weighted by molar-refractivity contribution is 7.15. The normalized spacial score (nSPS) is 16.9. The fraction of sp³-hybridized carbons (Fsp3) is 0.812. The van der Waals surface area contributed by atoms with Gasteiger partial charge < -0.3 is 15.0 Å².